The molecule has 0 radical (unpaired) electrons. The van der Waals surface area contributed by atoms with Crippen molar-refractivity contribution in [1.82, 2.24) is 4.98 Å². The molecule has 68 valence electrons. The van der Waals surface area contributed by atoms with E-state index in [2.05, 4.69) is 4.98 Å². The smallest absolute Gasteiger partial charge is 0.152 e. The molecule has 1 heterocycles. The second-order valence-electron chi connectivity index (χ2n) is 2.32. The van der Waals surface area contributed by atoms with Crippen molar-refractivity contribution in [2.45, 2.75) is 6.61 Å². The Bertz CT molecular complexity index is 359. The van der Waals surface area contributed by atoms with Crippen LogP contribution in [0.5, 0.6) is 0 Å². The minimum atomic E-state index is -1.28. The van der Waals surface area contributed by atoms with Crippen molar-refractivity contribution in [3.8, 4) is 6.07 Å². The van der Waals surface area contributed by atoms with Gasteiger partial charge in [-0.05, 0) is 17.7 Å². The molecule has 0 N–H and O–H groups in total. The summed E-state index contributed by atoms with van der Waals surface area (Å²) >= 11 is -1.28. The van der Waals surface area contributed by atoms with Crippen LogP contribution in [0.25, 0.3) is 0 Å². The summed E-state index contributed by atoms with van der Waals surface area (Å²) in [6.45, 7) is 0.236. The third-order valence-corrected chi connectivity index (χ3v) is 1.78. The van der Waals surface area contributed by atoms with Crippen LogP contribution in [0, 0.1) is 11.3 Å². The average molecular weight is 196 g/mol. The molecule has 1 aromatic rings. The first kappa shape index (κ1) is 9.84. The lowest BCUT2D eigenvalue weighted by atomic mass is 10.2. The van der Waals surface area contributed by atoms with Crippen molar-refractivity contribution in [3.05, 3.63) is 29.6 Å². The molecule has 1 aromatic heterocycles. The number of pyridine rings is 1. The van der Waals surface area contributed by atoms with Crippen LogP contribution in [-0.4, -0.2) is 15.4 Å². The highest BCUT2D eigenvalue weighted by Gasteiger charge is 1.97. The Hall–Kier alpha value is -1.25. The monoisotopic (exact) mass is 196 g/mol. The van der Waals surface area contributed by atoms with Gasteiger partial charge >= 0.3 is 0 Å². The number of hydrogen-bond acceptors (Lipinski definition) is 4. The topological polar surface area (TPSA) is 63.0 Å². The van der Waals surface area contributed by atoms with Crippen LogP contribution in [0.1, 0.15) is 11.3 Å². The maximum Gasteiger partial charge on any atom is 0.152 e. The Morgan fingerprint density at radius 1 is 1.77 bits per heavy atom. The number of nitrogens with zero attached hydrogens (tertiary/aromatic N) is 2. The van der Waals surface area contributed by atoms with Gasteiger partial charge in [0, 0.05) is 12.5 Å². The molecule has 0 aliphatic carbocycles. The van der Waals surface area contributed by atoms with Crippen LogP contribution < -0.4 is 0 Å². The number of hydrogen-bond donors (Lipinski definition) is 0. The third-order valence-electron chi connectivity index (χ3n) is 1.33. The molecule has 0 aliphatic heterocycles. The molecular formula is C8H8N2O2S. The first-order valence-electron chi connectivity index (χ1n) is 3.54. The maximum atomic E-state index is 10.6. The summed E-state index contributed by atoms with van der Waals surface area (Å²) in [5, 5.41) is 8.53. The highest BCUT2D eigenvalue weighted by Crippen LogP contribution is 2.03. The Labute approximate surface area is 78.8 Å². The zero-order valence-electron chi connectivity index (χ0n) is 7.06. The second kappa shape index (κ2) is 4.70. The second-order valence-corrected chi connectivity index (χ2v) is 3.36. The molecule has 0 amide bonds. The van der Waals surface area contributed by atoms with Crippen molar-refractivity contribution in [2.75, 3.05) is 6.26 Å². The van der Waals surface area contributed by atoms with Crippen molar-refractivity contribution < 1.29 is 8.39 Å². The molecule has 0 saturated heterocycles. The van der Waals surface area contributed by atoms with Crippen molar-refractivity contribution in [2.24, 2.45) is 0 Å². The zero-order chi connectivity index (χ0) is 9.68. The molecule has 0 aromatic carbocycles. The number of nitriles is 1. The Balaban J connectivity index is 2.68. The van der Waals surface area contributed by atoms with E-state index in [1.54, 1.807) is 12.1 Å². The summed E-state index contributed by atoms with van der Waals surface area (Å²) in [5.41, 5.74) is 1.13. The van der Waals surface area contributed by atoms with Crippen LogP contribution in [0.2, 0.25) is 0 Å². The summed E-state index contributed by atoms with van der Waals surface area (Å²) in [4.78, 5) is 3.79. The zero-order valence-corrected chi connectivity index (χ0v) is 7.87. The highest BCUT2D eigenvalue weighted by atomic mass is 32.2. The fourth-order valence-electron chi connectivity index (χ4n) is 0.776. The lowest BCUT2D eigenvalue weighted by molar-refractivity contribution is 0.340. The van der Waals surface area contributed by atoms with Gasteiger partial charge in [-0.25, -0.2) is 9.19 Å². The van der Waals surface area contributed by atoms with Gasteiger partial charge in [0.15, 0.2) is 11.1 Å². The lowest BCUT2D eigenvalue weighted by Gasteiger charge is -1.99. The van der Waals surface area contributed by atoms with E-state index >= 15 is 0 Å². The van der Waals surface area contributed by atoms with Gasteiger partial charge in [0.2, 0.25) is 0 Å². The average Bonchev–Trinajstić information content (AvgIpc) is 2.15. The first-order chi connectivity index (χ1) is 6.22. The number of rotatable bonds is 3. The summed E-state index contributed by atoms with van der Waals surface area (Å²) < 4.78 is 15.4. The van der Waals surface area contributed by atoms with E-state index in [0.29, 0.717) is 5.69 Å². The molecule has 5 heteroatoms. The minimum Gasteiger partial charge on any atom is -0.286 e. The predicted octanol–water partition coefficient (Wildman–Crippen LogP) is 0.763. The molecule has 4 nitrogen and oxygen atoms in total. The lowest BCUT2D eigenvalue weighted by Crippen LogP contribution is -1.96. The van der Waals surface area contributed by atoms with Gasteiger partial charge in [0.25, 0.3) is 0 Å². The fraction of sp³-hybridized carbons (Fsp3) is 0.250. The molecule has 0 aliphatic rings. The molecule has 0 spiro atoms. The molecular weight excluding hydrogens is 188 g/mol. The Kier molecular flexibility index (Phi) is 3.55. The summed E-state index contributed by atoms with van der Waals surface area (Å²) in [5.74, 6) is 0. The van der Waals surface area contributed by atoms with E-state index < -0.39 is 11.1 Å². The van der Waals surface area contributed by atoms with Crippen molar-refractivity contribution in [1.29, 1.82) is 5.26 Å². The van der Waals surface area contributed by atoms with Gasteiger partial charge < -0.3 is 0 Å². The maximum absolute atomic E-state index is 10.6. The van der Waals surface area contributed by atoms with Crippen LogP contribution in [0.15, 0.2) is 18.3 Å². The van der Waals surface area contributed by atoms with E-state index in [0.717, 1.165) is 5.56 Å². The van der Waals surface area contributed by atoms with E-state index in [-0.39, 0.29) is 6.61 Å². The minimum absolute atomic E-state index is 0.236. The van der Waals surface area contributed by atoms with Crippen molar-refractivity contribution >= 4 is 11.1 Å². The molecule has 13 heavy (non-hydrogen) atoms. The van der Waals surface area contributed by atoms with Gasteiger partial charge in [-0.1, -0.05) is 0 Å². The molecule has 1 unspecified atom stereocenters. The van der Waals surface area contributed by atoms with Gasteiger partial charge in [0.1, 0.15) is 11.8 Å². The SMILES string of the molecule is CS(=O)OCc1ccnc(C#N)c1. The van der Waals surface area contributed by atoms with Crippen LogP contribution in [0.3, 0.4) is 0 Å². The quantitative estimate of drug-likeness (QED) is 0.716. The van der Waals surface area contributed by atoms with Gasteiger partial charge in [-0.2, -0.15) is 5.26 Å². The molecule has 0 fully saturated rings. The molecule has 1 rings (SSSR count). The normalized spacial score (nSPS) is 12.0. The summed E-state index contributed by atoms with van der Waals surface area (Å²) in [7, 11) is 0. The summed E-state index contributed by atoms with van der Waals surface area (Å²) in [6, 6.07) is 5.23. The van der Waals surface area contributed by atoms with E-state index in [1.165, 1.54) is 12.5 Å². The highest BCUT2D eigenvalue weighted by molar-refractivity contribution is 7.79. The summed E-state index contributed by atoms with van der Waals surface area (Å²) in [6.07, 6.45) is 2.97. The molecule has 0 saturated carbocycles. The van der Waals surface area contributed by atoms with E-state index in [9.17, 15) is 4.21 Å². The van der Waals surface area contributed by atoms with Gasteiger partial charge in [-0.15, -0.1) is 0 Å². The van der Waals surface area contributed by atoms with Gasteiger partial charge in [0.05, 0.1) is 6.61 Å². The number of aromatic nitrogens is 1. The van der Waals surface area contributed by atoms with Crippen LogP contribution in [-0.2, 0) is 21.9 Å². The predicted molar refractivity (Wildman–Crippen MR) is 47.8 cm³/mol. The van der Waals surface area contributed by atoms with Crippen LogP contribution >= 0.6 is 0 Å². The van der Waals surface area contributed by atoms with E-state index in [1.807, 2.05) is 6.07 Å². The molecule has 0 bridgehead atoms. The van der Waals surface area contributed by atoms with Gasteiger partial charge in [-0.3, -0.25) is 4.18 Å². The van der Waals surface area contributed by atoms with E-state index in [4.69, 9.17) is 9.44 Å². The van der Waals surface area contributed by atoms with Crippen molar-refractivity contribution in [3.63, 3.8) is 0 Å². The Morgan fingerprint density at radius 2 is 2.54 bits per heavy atom. The first-order valence-corrected chi connectivity index (χ1v) is 5.02. The standard InChI is InChI=1S/C8H8N2O2S/c1-13(11)12-6-7-2-3-10-8(4-7)5-9/h2-4H,6H2,1H3. The Morgan fingerprint density at radius 3 is 3.15 bits per heavy atom. The van der Waals surface area contributed by atoms with Crippen LogP contribution in [0.4, 0.5) is 0 Å². The largest absolute Gasteiger partial charge is 0.286 e. The third kappa shape index (κ3) is 3.32. The molecule has 1 atom stereocenters. The fourth-order valence-corrected chi connectivity index (χ4v) is 1.08.